The van der Waals surface area contributed by atoms with Gasteiger partial charge >= 0.3 is 0 Å². The van der Waals surface area contributed by atoms with Gasteiger partial charge in [-0.1, -0.05) is 88.0 Å². The lowest BCUT2D eigenvalue weighted by Gasteiger charge is -2.42. The molecule has 1 heteroatoms. The first-order chi connectivity index (χ1) is 14.3. The first-order valence-corrected chi connectivity index (χ1v) is 11.3. The third kappa shape index (κ3) is 3.72. The lowest BCUT2D eigenvalue weighted by Crippen LogP contribution is -2.47. The molecule has 0 radical (unpaired) electrons. The summed E-state index contributed by atoms with van der Waals surface area (Å²) in [6, 6.07) is 21.8. The monoisotopic (exact) mass is 397 g/mol. The molecule has 30 heavy (non-hydrogen) atoms. The van der Waals surface area contributed by atoms with E-state index >= 15 is 0 Å². The summed E-state index contributed by atoms with van der Waals surface area (Å²) in [6.45, 7) is 14.5. The maximum Gasteiger partial charge on any atom is 0.0604 e. The zero-order chi connectivity index (χ0) is 21.5. The molecule has 0 spiro atoms. The van der Waals surface area contributed by atoms with Crippen LogP contribution in [0.4, 0.5) is 0 Å². The van der Waals surface area contributed by atoms with E-state index in [1.165, 1.54) is 62.9 Å². The maximum absolute atomic E-state index is 3.91. The van der Waals surface area contributed by atoms with Crippen molar-refractivity contribution in [2.75, 3.05) is 6.54 Å². The van der Waals surface area contributed by atoms with E-state index in [0.29, 0.717) is 6.04 Å². The third-order valence-corrected chi connectivity index (χ3v) is 6.61. The zero-order valence-corrected chi connectivity index (χ0v) is 19.4. The van der Waals surface area contributed by atoms with Crippen molar-refractivity contribution >= 4 is 0 Å². The highest BCUT2D eigenvalue weighted by Crippen LogP contribution is 2.46. The minimum Gasteiger partial charge on any atom is -0.312 e. The van der Waals surface area contributed by atoms with Crippen LogP contribution in [0.2, 0.25) is 0 Å². The molecule has 1 fully saturated rings. The minimum absolute atomic E-state index is 0.207. The van der Waals surface area contributed by atoms with E-state index in [1.807, 2.05) is 0 Å². The standard InChI is InChI=1S/C29H35N/c1-19-10-20(2)14-25(13-19)29(28-8-7-9-30-28,26-15-21(3)11-22(4)16-26)27-17-23(5)12-24(6)18-27/h10-18,28,30H,7-9H2,1-6H3/t28-/m0/s1. The molecule has 156 valence electrons. The molecule has 1 aliphatic heterocycles. The lowest BCUT2D eigenvalue weighted by molar-refractivity contribution is 0.434. The summed E-state index contributed by atoms with van der Waals surface area (Å²) in [7, 11) is 0. The molecule has 0 unspecified atom stereocenters. The number of benzene rings is 3. The van der Waals surface area contributed by atoms with Crippen LogP contribution in [0.3, 0.4) is 0 Å². The Morgan fingerprint density at radius 3 is 1.17 bits per heavy atom. The van der Waals surface area contributed by atoms with Gasteiger partial charge < -0.3 is 5.32 Å². The summed E-state index contributed by atoms with van der Waals surface area (Å²) >= 11 is 0. The van der Waals surface area contributed by atoms with Gasteiger partial charge in [-0.3, -0.25) is 0 Å². The van der Waals surface area contributed by atoms with E-state index < -0.39 is 0 Å². The second kappa shape index (κ2) is 8.04. The van der Waals surface area contributed by atoms with Crippen LogP contribution in [0, 0.1) is 41.5 Å². The molecule has 0 aromatic heterocycles. The van der Waals surface area contributed by atoms with Crippen LogP contribution in [-0.2, 0) is 5.41 Å². The molecule has 4 rings (SSSR count). The van der Waals surface area contributed by atoms with Gasteiger partial charge in [-0.05, 0) is 77.6 Å². The Balaban J connectivity index is 2.15. The Kier molecular flexibility index (Phi) is 5.59. The van der Waals surface area contributed by atoms with Gasteiger partial charge in [0.2, 0.25) is 0 Å². The SMILES string of the molecule is Cc1cc(C)cc(C(c2cc(C)cc(C)c2)(c2cc(C)cc(C)c2)[C@@H]2CCCN2)c1. The largest absolute Gasteiger partial charge is 0.312 e. The molecule has 3 aromatic rings. The van der Waals surface area contributed by atoms with Crippen molar-refractivity contribution in [2.24, 2.45) is 0 Å². The Bertz CT molecular complexity index is 884. The Hall–Kier alpha value is -2.38. The zero-order valence-electron chi connectivity index (χ0n) is 19.4. The van der Waals surface area contributed by atoms with Crippen LogP contribution in [0.5, 0.6) is 0 Å². The molecule has 0 saturated carbocycles. The van der Waals surface area contributed by atoms with E-state index in [2.05, 4.69) is 101 Å². The van der Waals surface area contributed by atoms with E-state index in [9.17, 15) is 0 Å². The molecular formula is C29H35N. The summed E-state index contributed by atoms with van der Waals surface area (Å²) in [5, 5.41) is 3.91. The van der Waals surface area contributed by atoms with E-state index in [4.69, 9.17) is 0 Å². The van der Waals surface area contributed by atoms with Crippen LogP contribution < -0.4 is 5.32 Å². The van der Waals surface area contributed by atoms with E-state index in [-0.39, 0.29) is 5.41 Å². The second-order valence-electron chi connectivity index (χ2n) is 9.59. The lowest BCUT2D eigenvalue weighted by atomic mass is 9.63. The van der Waals surface area contributed by atoms with Crippen molar-refractivity contribution in [3.8, 4) is 0 Å². The summed E-state index contributed by atoms with van der Waals surface area (Å²) in [5.41, 5.74) is 12.0. The fourth-order valence-corrected chi connectivity index (χ4v) is 5.76. The average Bonchev–Trinajstić information content (AvgIpc) is 3.15. The number of hydrogen-bond acceptors (Lipinski definition) is 1. The van der Waals surface area contributed by atoms with Crippen LogP contribution in [0.25, 0.3) is 0 Å². The van der Waals surface area contributed by atoms with E-state index in [0.717, 1.165) is 6.54 Å². The topological polar surface area (TPSA) is 12.0 Å². The van der Waals surface area contributed by atoms with Crippen LogP contribution >= 0.6 is 0 Å². The van der Waals surface area contributed by atoms with Gasteiger partial charge in [-0.15, -0.1) is 0 Å². The van der Waals surface area contributed by atoms with Gasteiger partial charge in [-0.25, -0.2) is 0 Å². The van der Waals surface area contributed by atoms with Crippen molar-refractivity contribution in [1.82, 2.24) is 5.32 Å². The summed E-state index contributed by atoms with van der Waals surface area (Å²) in [4.78, 5) is 0. The fourth-order valence-electron chi connectivity index (χ4n) is 5.76. The van der Waals surface area contributed by atoms with Gasteiger partial charge in [0.1, 0.15) is 0 Å². The van der Waals surface area contributed by atoms with E-state index in [1.54, 1.807) is 0 Å². The Morgan fingerprint density at radius 2 is 0.900 bits per heavy atom. The molecule has 1 N–H and O–H groups in total. The van der Waals surface area contributed by atoms with Gasteiger partial charge in [0.25, 0.3) is 0 Å². The second-order valence-corrected chi connectivity index (χ2v) is 9.59. The van der Waals surface area contributed by atoms with Crippen molar-refractivity contribution < 1.29 is 0 Å². The maximum atomic E-state index is 3.91. The van der Waals surface area contributed by atoms with Crippen LogP contribution in [0.15, 0.2) is 54.6 Å². The quantitative estimate of drug-likeness (QED) is 0.488. The molecule has 0 bridgehead atoms. The molecule has 1 saturated heterocycles. The number of aryl methyl sites for hydroxylation is 6. The van der Waals surface area contributed by atoms with Gasteiger partial charge in [0.05, 0.1) is 5.41 Å². The highest BCUT2D eigenvalue weighted by atomic mass is 15.0. The van der Waals surface area contributed by atoms with Crippen LogP contribution in [0.1, 0.15) is 62.9 Å². The van der Waals surface area contributed by atoms with Crippen molar-refractivity contribution in [1.29, 1.82) is 0 Å². The molecular weight excluding hydrogens is 362 g/mol. The van der Waals surface area contributed by atoms with Gasteiger partial charge in [0.15, 0.2) is 0 Å². The average molecular weight is 398 g/mol. The van der Waals surface area contributed by atoms with Crippen molar-refractivity contribution in [3.63, 3.8) is 0 Å². The van der Waals surface area contributed by atoms with Gasteiger partial charge in [-0.2, -0.15) is 0 Å². The summed E-state index contributed by atoms with van der Waals surface area (Å²) in [5.74, 6) is 0. The summed E-state index contributed by atoms with van der Waals surface area (Å²) < 4.78 is 0. The summed E-state index contributed by atoms with van der Waals surface area (Å²) in [6.07, 6.45) is 2.42. The smallest absolute Gasteiger partial charge is 0.0604 e. The highest BCUT2D eigenvalue weighted by Gasteiger charge is 2.45. The minimum atomic E-state index is -0.207. The predicted octanol–water partition coefficient (Wildman–Crippen LogP) is 6.62. The van der Waals surface area contributed by atoms with Crippen molar-refractivity contribution in [2.45, 2.75) is 65.8 Å². The molecule has 3 aromatic carbocycles. The molecule has 0 aliphatic carbocycles. The highest BCUT2D eigenvalue weighted by molar-refractivity contribution is 5.57. The predicted molar refractivity (Wildman–Crippen MR) is 129 cm³/mol. The molecule has 0 amide bonds. The third-order valence-electron chi connectivity index (χ3n) is 6.61. The van der Waals surface area contributed by atoms with Gasteiger partial charge in [0, 0.05) is 6.04 Å². The molecule has 1 heterocycles. The first kappa shape index (κ1) is 20.9. The molecule has 1 nitrogen and oxygen atoms in total. The number of nitrogens with one attached hydrogen (secondary N) is 1. The Morgan fingerprint density at radius 1 is 0.567 bits per heavy atom. The van der Waals surface area contributed by atoms with Crippen LogP contribution in [-0.4, -0.2) is 12.6 Å². The fraction of sp³-hybridized carbons (Fsp3) is 0.379. The van der Waals surface area contributed by atoms with Crippen molar-refractivity contribution in [3.05, 3.63) is 105 Å². The first-order valence-electron chi connectivity index (χ1n) is 11.3. The molecule has 1 aliphatic rings. The Labute approximate surface area is 182 Å². The normalized spacial score (nSPS) is 16.8. The number of hydrogen-bond donors (Lipinski definition) is 1. The number of rotatable bonds is 4. The molecule has 1 atom stereocenters.